The average Bonchev–Trinajstić information content (AvgIpc) is 3.00. The van der Waals surface area contributed by atoms with Crippen LogP contribution in [0.4, 0.5) is 0 Å². The van der Waals surface area contributed by atoms with Crippen LogP contribution < -0.4 is 10.6 Å². The lowest BCUT2D eigenvalue weighted by Crippen LogP contribution is -2.42. The van der Waals surface area contributed by atoms with Crippen molar-refractivity contribution in [3.8, 4) is 0 Å². The summed E-state index contributed by atoms with van der Waals surface area (Å²) in [6.45, 7) is 3.40. The van der Waals surface area contributed by atoms with Gasteiger partial charge in [-0.15, -0.1) is 12.4 Å². The first-order chi connectivity index (χ1) is 10.2. The number of piperidine rings is 1. The molecule has 2 aliphatic rings. The molecule has 0 unspecified atom stereocenters. The van der Waals surface area contributed by atoms with Crippen molar-refractivity contribution in [2.24, 2.45) is 0 Å². The van der Waals surface area contributed by atoms with Crippen LogP contribution >= 0.6 is 12.4 Å². The van der Waals surface area contributed by atoms with Crippen LogP contribution in [0.1, 0.15) is 40.7 Å². The van der Waals surface area contributed by atoms with E-state index in [1.54, 1.807) is 0 Å². The largest absolute Gasteiger partial charge is 0.343 e. The summed E-state index contributed by atoms with van der Waals surface area (Å²) in [6, 6.07) is 5.72. The smallest absolute Gasteiger partial charge is 0.251 e. The molecule has 2 aliphatic heterocycles. The Hall–Kier alpha value is -1.59. The quantitative estimate of drug-likeness (QED) is 0.885. The molecule has 22 heavy (non-hydrogen) atoms. The Morgan fingerprint density at radius 3 is 2.59 bits per heavy atom. The number of hydrogen-bond acceptors (Lipinski definition) is 3. The second kappa shape index (κ2) is 7.61. The maximum Gasteiger partial charge on any atom is 0.251 e. The van der Waals surface area contributed by atoms with Gasteiger partial charge in [0, 0.05) is 31.7 Å². The van der Waals surface area contributed by atoms with Crippen molar-refractivity contribution < 1.29 is 9.59 Å². The maximum atomic E-state index is 12.1. The molecule has 6 heteroatoms. The third kappa shape index (κ3) is 3.78. The summed E-state index contributed by atoms with van der Waals surface area (Å²) < 4.78 is 0. The minimum Gasteiger partial charge on any atom is -0.343 e. The van der Waals surface area contributed by atoms with E-state index in [1.807, 2.05) is 23.1 Å². The molecule has 2 amide bonds. The van der Waals surface area contributed by atoms with Crippen LogP contribution in [0.3, 0.4) is 0 Å². The third-order valence-corrected chi connectivity index (χ3v) is 4.21. The lowest BCUT2D eigenvalue weighted by atomic mass is 10.1. The Labute approximate surface area is 136 Å². The molecule has 2 heterocycles. The van der Waals surface area contributed by atoms with Gasteiger partial charge in [0.25, 0.3) is 5.91 Å². The molecule has 1 saturated heterocycles. The molecule has 0 aromatic heterocycles. The fourth-order valence-corrected chi connectivity index (χ4v) is 2.95. The zero-order chi connectivity index (χ0) is 14.7. The molecular weight excluding hydrogens is 302 g/mol. The summed E-state index contributed by atoms with van der Waals surface area (Å²) in [4.78, 5) is 26.0. The predicted molar refractivity (Wildman–Crippen MR) is 87.0 cm³/mol. The van der Waals surface area contributed by atoms with Gasteiger partial charge in [0.05, 0.1) is 6.54 Å². The zero-order valence-electron chi connectivity index (χ0n) is 12.6. The van der Waals surface area contributed by atoms with Crippen molar-refractivity contribution in [3.05, 3.63) is 34.9 Å². The van der Waals surface area contributed by atoms with Gasteiger partial charge in [0.1, 0.15) is 0 Å². The first kappa shape index (κ1) is 16.8. The Bertz CT molecular complexity index is 556. The fourth-order valence-electron chi connectivity index (χ4n) is 2.95. The van der Waals surface area contributed by atoms with Gasteiger partial charge in [0.2, 0.25) is 5.91 Å². The Kier molecular flexibility index (Phi) is 5.80. The zero-order valence-corrected chi connectivity index (χ0v) is 13.4. The Morgan fingerprint density at radius 1 is 1.09 bits per heavy atom. The van der Waals surface area contributed by atoms with Crippen LogP contribution in [0, 0.1) is 0 Å². The molecule has 3 rings (SSSR count). The predicted octanol–water partition coefficient (Wildman–Crippen LogP) is 1.45. The molecule has 120 valence electrons. The topological polar surface area (TPSA) is 61.4 Å². The van der Waals surface area contributed by atoms with E-state index < -0.39 is 0 Å². The number of nitrogens with zero attached hydrogens (tertiary/aromatic N) is 1. The number of rotatable bonds is 3. The molecule has 1 fully saturated rings. The molecule has 5 nitrogen and oxygen atoms in total. The highest BCUT2D eigenvalue weighted by Gasteiger charge is 2.18. The van der Waals surface area contributed by atoms with Gasteiger partial charge in [-0.1, -0.05) is 6.07 Å². The Balaban J connectivity index is 0.00000176. The van der Waals surface area contributed by atoms with Gasteiger partial charge >= 0.3 is 0 Å². The summed E-state index contributed by atoms with van der Waals surface area (Å²) in [6.07, 6.45) is 3.33. The number of amides is 2. The maximum absolute atomic E-state index is 12.1. The van der Waals surface area contributed by atoms with E-state index in [9.17, 15) is 9.59 Å². The fraction of sp³-hybridized carbons (Fsp3) is 0.500. The van der Waals surface area contributed by atoms with Gasteiger partial charge in [-0.2, -0.15) is 0 Å². The molecule has 2 N–H and O–H groups in total. The average molecular weight is 324 g/mol. The summed E-state index contributed by atoms with van der Waals surface area (Å²) in [7, 11) is 0. The van der Waals surface area contributed by atoms with Gasteiger partial charge < -0.3 is 15.5 Å². The standard InChI is InChI=1S/C16H21N3O2.ClH/c20-15(19-6-2-1-3-7-19)11-18-16(21)12-4-5-13-9-17-10-14(13)8-12;/h4-5,8,17H,1-3,6-7,9-11H2,(H,18,21);1H. The molecule has 1 aromatic carbocycles. The number of halogens is 1. The molecule has 0 atom stereocenters. The number of hydrogen-bond donors (Lipinski definition) is 2. The highest BCUT2D eigenvalue weighted by molar-refractivity contribution is 5.96. The van der Waals surface area contributed by atoms with Gasteiger partial charge in [-0.3, -0.25) is 9.59 Å². The van der Waals surface area contributed by atoms with Crippen molar-refractivity contribution in [2.45, 2.75) is 32.4 Å². The second-order valence-corrected chi connectivity index (χ2v) is 5.71. The molecule has 0 bridgehead atoms. The summed E-state index contributed by atoms with van der Waals surface area (Å²) in [5.41, 5.74) is 3.05. The lowest BCUT2D eigenvalue weighted by Gasteiger charge is -2.26. The first-order valence-electron chi connectivity index (χ1n) is 7.62. The molecular formula is C16H22ClN3O2. The van der Waals surface area contributed by atoms with E-state index in [-0.39, 0.29) is 30.8 Å². The highest BCUT2D eigenvalue weighted by Crippen LogP contribution is 2.17. The molecule has 0 saturated carbocycles. The number of nitrogens with one attached hydrogen (secondary N) is 2. The monoisotopic (exact) mass is 323 g/mol. The summed E-state index contributed by atoms with van der Waals surface area (Å²) >= 11 is 0. The molecule has 0 aliphatic carbocycles. The van der Waals surface area contributed by atoms with E-state index >= 15 is 0 Å². The summed E-state index contributed by atoms with van der Waals surface area (Å²) in [5, 5.41) is 5.99. The lowest BCUT2D eigenvalue weighted by molar-refractivity contribution is -0.130. The SMILES string of the molecule is Cl.O=C(NCC(=O)N1CCCCC1)c1ccc2c(c1)CNC2. The molecule has 0 radical (unpaired) electrons. The molecule has 0 spiro atoms. The van der Waals surface area contributed by atoms with Crippen LogP contribution in [0.5, 0.6) is 0 Å². The number of fused-ring (bicyclic) bond motifs is 1. The van der Waals surface area contributed by atoms with Gasteiger partial charge in [-0.25, -0.2) is 0 Å². The number of carbonyl (C=O) groups excluding carboxylic acids is 2. The normalized spacial score (nSPS) is 16.6. The third-order valence-electron chi connectivity index (χ3n) is 4.21. The first-order valence-corrected chi connectivity index (χ1v) is 7.62. The van der Waals surface area contributed by atoms with Crippen LogP contribution in [0.2, 0.25) is 0 Å². The van der Waals surface area contributed by atoms with E-state index in [1.165, 1.54) is 17.5 Å². The van der Waals surface area contributed by atoms with Crippen LogP contribution in [0.25, 0.3) is 0 Å². The summed E-state index contributed by atoms with van der Waals surface area (Å²) in [5.74, 6) is -0.152. The Morgan fingerprint density at radius 2 is 1.82 bits per heavy atom. The molecule has 1 aromatic rings. The van der Waals surface area contributed by atoms with E-state index in [0.717, 1.165) is 39.0 Å². The second-order valence-electron chi connectivity index (χ2n) is 5.71. The number of likely N-dealkylation sites (tertiary alicyclic amines) is 1. The van der Waals surface area contributed by atoms with E-state index in [4.69, 9.17) is 0 Å². The van der Waals surface area contributed by atoms with Crippen molar-refractivity contribution in [1.29, 1.82) is 0 Å². The minimum atomic E-state index is -0.171. The number of benzene rings is 1. The van der Waals surface area contributed by atoms with Crippen LogP contribution in [-0.2, 0) is 17.9 Å². The minimum absolute atomic E-state index is 0. The van der Waals surface area contributed by atoms with Crippen molar-refractivity contribution in [3.63, 3.8) is 0 Å². The highest BCUT2D eigenvalue weighted by atomic mass is 35.5. The van der Waals surface area contributed by atoms with Gasteiger partial charge in [-0.05, 0) is 42.5 Å². The van der Waals surface area contributed by atoms with Gasteiger partial charge in [0.15, 0.2) is 0 Å². The number of carbonyl (C=O) groups is 2. The van der Waals surface area contributed by atoms with Crippen LogP contribution in [0.15, 0.2) is 18.2 Å². The van der Waals surface area contributed by atoms with Crippen LogP contribution in [-0.4, -0.2) is 36.3 Å². The van der Waals surface area contributed by atoms with E-state index in [0.29, 0.717) is 5.56 Å². The van der Waals surface area contributed by atoms with Crippen molar-refractivity contribution >= 4 is 24.2 Å². The van der Waals surface area contributed by atoms with Crippen molar-refractivity contribution in [1.82, 2.24) is 15.5 Å². The van der Waals surface area contributed by atoms with Crippen molar-refractivity contribution in [2.75, 3.05) is 19.6 Å². The van der Waals surface area contributed by atoms with E-state index in [2.05, 4.69) is 10.6 Å².